The zero-order valence-corrected chi connectivity index (χ0v) is 8.07. The fraction of sp³-hybridized carbons (Fsp3) is 0.125. The molecule has 6 nitrogen and oxygen atoms in total. The topological polar surface area (TPSA) is 84.1 Å². The Hall–Kier alpha value is -1.73. The SMILES string of the molecule is Cc1ccnc(-n2cc(B(O)O)cn2)n1. The van der Waals surface area contributed by atoms with E-state index < -0.39 is 7.12 Å². The Balaban J connectivity index is 2.37. The van der Waals surface area contributed by atoms with E-state index in [1.807, 2.05) is 6.92 Å². The van der Waals surface area contributed by atoms with E-state index in [-0.39, 0.29) is 0 Å². The lowest BCUT2D eigenvalue weighted by atomic mass is 9.83. The third-order valence-electron chi connectivity index (χ3n) is 1.89. The molecule has 0 aromatic carbocycles. The lowest BCUT2D eigenvalue weighted by molar-refractivity contribution is 0.426. The van der Waals surface area contributed by atoms with Gasteiger partial charge in [0, 0.05) is 29.7 Å². The molecule has 0 radical (unpaired) electrons. The molecule has 2 aromatic heterocycles. The molecule has 7 heteroatoms. The molecule has 0 aliphatic carbocycles. The summed E-state index contributed by atoms with van der Waals surface area (Å²) < 4.78 is 1.39. The van der Waals surface area contributed by atoms with Gasteiger partial charge in [0.2, 0.25) is 0 Å². The van der Waals surface area contributed by atoms with Gasteiger partial charge in [0.1, 0.15) is 0 Å². The zero-order chi connectivity index (χ0) is 10.8. The molecule has 0 saturated heterocycles. The maximum Gasteiger partial charge on any atom is 0.491 e. The predicted molar refractivity (Wildman–Crippen MR) is 53.7 cm³/mol. The van der Waals surface area contributed by atoms with Crippen molar-refractivity contribution in [1.82, 2.24) is 19.7 Å². The molecule has 0 fully saturated rings. The maximum atomic E-state index is 8.90. The fourth-order valence-electron chi connectivity index (χ4n) is 1.13. The van der Waals surface area contributed by atoms with Crippen molar-refractivity contribution in [1.29, 1.82) is 0 Å². The van der Waals surface area contributed by atoms with Crippen molar-refractivity contribution in [2.75, 3.05) is 0 Å². The molecule has 0 bridgehead atoms. The van der Waals surface area contributed by atoms with Crippen LogP contribution in [0.3, 0.4) is 0 Å². The van der Waals surface area contributed by atoms with Gasteiger partial charge in [-0.2, -0.15) is 5.10 Å². The molecule has 2 N–H and O–H groups in total. The summed E-state index contributed by atoms with van der Waals surface area (Å²) in [5.41, 5.74) is 1.13. The van der Waals surface area contributed by atoms with Crippen LogP contribution in [0.5, 0.6) is 0 Å². The highest BCUT2D eigenvalue weighted by Gasteiger charge is 2.14. The molecule has 0 aliphatic heterocycles. The van der Waals surface area contributed by atoms with Gasteiger partial charge in [-0.15, -0.1) is 0 Å². The minimum atomic E-state index is -1.52. The standard InChI is InChI=1S/C8H9BN4O2/c1-6-2-3-10-8(12-6)13-5-7(4-11-13)9(14)15/h2-5,14-15H,1H3. The third-order valence-corrected chi connectivity index (χ3v) is 1.89. The molecule has 15 heavy (non-hydrogen) atoms. The summed E-state index contributed by atoms with van der Waals surface area (Å²) in [6.07, 6.45) is 4.45. The minimum absolute atomic E-state index is 0.306. The van der Waals surface area contributed by atoms with Crippen molar-refractivity contribution in [2.45, 2.75) is 6.92 Å². The lowest BCUT2D eigenvalue weighted by Gasteiger charge is -1.98. The second-order valence-corrected chi connectivity index (χ2v) is 3.09. The van der Waals surface area contributed by atoms with E-state index in [4.69, 9.17) is 10.0 Å². The lowest BCUT2D eigenvalue weighted by Crippen LogP contribution is -2.28. The maximum absolute atomic E-state index is 8.90. The summed E-state index contributed by atoms with van der Waals surface area (Å²) >= 11 is 0. The van der Waals surface area contributed by atoms with E-state index in [0.29, 0.717) is 11.4 Å². The van der Waals surface area contributed by atoms with E-state index in [9.17, 15) is 0 Å². The minimum Gasteiger partial charge on any atom is -0.423 e. The van der Waals surface area contributed by atoms with Gasteiger partial charge in [0.15, 0.2) is 0 Å². The average molecular weight is 204 g/mol. The Labute approximate surface area is 86.4 Å². The van der Waals surface area contributed by atoms with Crippen LogP contribution in [0.1, 0.15) is 5.69 Å². The summed E-state index contributed by atoms with van der Waals surface area (Å²) in [5.74, 6) is 0.405. The highest BCUT2D eigenvalue weighted by Crippen LogP contribution is 1.98. The molecule has 2 rings (SSSR count). The van der Waals surface area contributed by atoms with E-state index >= 15 is 0 Å². The Morgan fingerprint density at radius 1 is 1.40 bits per heavy atom. The zero-order valence-electron chi connectivity index (χ0n) is 8.07. The smallest absolute Gasteiger partial charge is 0.423 e. The van der Waals surface area contributed by atoms with Gasteiger partial charge in [0.25, 0.3) is 5.95 Å². The van der Waals surface area contributed by atoms with Crippen LogP contribution in [-0.2, 0) is 0 Å². The van der Waals surface area contributed by atoms with E-state index in [2.05, 4.69) is 15.1 Å². The first-order valence-electron chi connectivity index (χ1n) is 4.37. The van der Waals surface area contributed by atoms with Crippen LogP contribution in [-0.4, -0.2) is 36.9 Å². The number of aromatic nitrogens is 4. The van der Waals surface area contributed by atoms with Gasteiger partial charge in [0.05, 0.1) is 0 Å². The van der Waals surface area contributed by atoms with Crippen LogP contribution in [0, 0.1) is 6.92 Å². The first-order valence-corrected chi connectivity index (χ1v) is 4.37. The van der Waals surface area contributed by atoms with Crippen molar-refractivity contribution >= 4 is 12.6 Å². The largest absolute Gasteiger partial charge is 0.491 e. The summed E-state index contributed by atoms with van der Waals surface area (Å²) in [5, 5.41) is 21.7. The van der Waals surface area contributed by atoms with Gasteiger partial charge in [-0.3, -0.25) is 0 Å². The third kappa shape index (κ3) is 2.03. The first kappa shape index (κ1) is 9.82. The Morgan fingerprint density at radius 3 is 2.80 bits per heavy atom. The molecule has 0 unspecified atom stereocenters. The normalized spacial score (nSPS) is 10.3. The van der Waals surface area contributed by atoms with Crippen molar-refractivity contribution in [3.05, 3.63) is 30.4 Å². The van der Waals surface area contributed by atoms with Crippen LogP contribution < -0.4 is 5.46 Å². The molecule has 0 saturated carbocycles. The number of nitrogens with zero attached hydrogens (tertiary/aromatic N) is 4. The number of aryl methyl sites for hydroxylation is 1. The van der Waals surface area contributed by atoms with E-state index in [1.165, 1.54) is 17.1 Å². The van der Waals surface area contributed by atoms with Crippen molar-refractivity contribution in [3.63, 3.8) is 0 Å². The van der Waals surface area contributed by atoms with Crippen molar-refractivity contribution in [3.8, 4) is 5.95 Å². The second kappa shape index (κ2) is 3.80. The molecular weight excluding hydrogens is 195 g/mol. The highest BCUT2D eigenvalue weighted by molar-refractivity contribution is 6.58. The molecule has 0 spiro atoms. The van der Waals surface area contributed by atoms with Crippen molar-refractivity contribution in [2.24, 2.45) is 0 Å². The molecule has 2 aromatic rings. The predicted octanol–water partition coefficient (Wildman–Crippen LogP) is -1.35. The molecular formula is C8H9BN4O2. The van der Waals surface area contributed by atoms with Crippen molar-refractivity contribution < 1.29 is 10.0 Å². The Bertz CT molecular complexity index is 471. The van der Waals surface area contributed by atoms with Crippen LogP contribution in [0.2, 0.25) is 0 Å². The fourth-order valence-corrected chi connectivity index (χ4v) is 1.13. The Morgan fingerprint density at radius 2 is 2.20 bits per heavy atom. The van der Waals surface area contributed by atoms with E-state index in [1.54, 1.807) is 12.3 Å². The molecule has 2 heterocycles. The molecule has 0 atom stereocenters. The van der Waals surface area contributed by atoms with Crippen LogP contribution in [0.15, 0.2) is 24.7 Å². The summed E-state index contributed by atoms with van der Waals surface area (Å²) in [6.45, 7) is 1.84. The first-order chi connectivity index (χ1) is 7.16. The quantitative estimate of drug-likeness (QED) is 0.591. The summed E-state index contributed by atoms with van der Waals surface area (Å²) in [6, 6.07) is 1.77. The van der Waals surface area contributed by atoms with Gasteiger partial charge in [-0.25, -0.2) is 14.6 Å². The molecule has 0 amide bonds. The number of hydrogen-bond acceptors (Lipinski definition) is 5. The van der Waals surface area contributed by atoms with Gasteiger partial charge in [-0.1, -0.05) is 0 Å². The second-order valence-electron chi connectivity index (χ2n) is 3.09. The molecule has 76 valence electrons. The van der Waals surface area contributed by atoms with Gasteiger partial charge >= 0.3 is 7.12 Å². The average Bonchev–Trinajstić information content (AvgIpc) is 2.66. The van der Waals surface area contributed by atoms with Crippen LogP contribution in [0.25, 0.3) is 5.95 Å². The van der Waals surface area contributed by atoms with Crippen LogP contribution >= 0.6 is 0 Å². The van der Waals surface area contributed by atoms with Crippen LogP contribution in [0.4, 0.5) is 0 Å². The Kier molecular flexibility index (Phi) is 2.48. The van der Waals surface area contributed by atoms with E-state index in [0.717, 1.165) is 5.69 Å². The molecule has 0 aliphatic rings. The van der Waals surface area contributed by atoms with Gasteiger partial charge in [-0.05, 0) is 13.0 Å². The summed E-state index contributed by atoms with van der Waals surface area (Å²) in [4.78, 5) is 8.15. The highest BCUT2D eigenvalue weighted by atomic mass is 16.4. The monoisotopic (exact) mass is 204 g/mol. The number of rotatable bonds is 2. The number of hydrogen-bond donors (Lipinski definition) is 2. The summed E-state index contributed by atoms with van der Waals surface area (Å²) in [7, 11) is -1.52. The van der Waals surface area contributed by atoms with Gasteiger partial charge < -0.3 is 10.0 Å².